The lowest BCUT2D eigenvalue weighted by molar-refractivity contribution is -0.153. The van der Waals surface area contributed by atoms with Gasteiger partial charge in [-0.15, -0.1) is 0 Å². The number of benzene rings is 1. The third kappa shape index (κ3) is 5.08. The summed E-state index contributed by atoms with van der Waals surface area (Å²) in [6, 6.07) is 0.547. The van der Waals surface area contributed by atoms with Gasteiger partial charge in [-0.2, -0.15) is 13.2 Å². The molecular weight excluding hydrogens is 461 g/mol. The van der Waals surface area contributed by atoms with Crippen LogP contribution < -0.4 is 15.4 Å². The van der Waals surface area contributed by atoms with E-state index in [0.717, 1.165) is 18.3 Å². The zero-order chi connectivity index (χ0) is 22.1. The Hall–Kier alpha value is -2.67. The minimum Gasteiger partial charge on any atom is -0.460 e. The number of cyclic esters (lactones) is 1. The van der Waals surface area contributed by atoms with Crippen molar-refractivity contribution in [1.82, 2.24) is 15.6 Å². The van der Waals surface area contributed by atoms with E-state index in [4.69, 9.17) is 16.3 Å². The number of carbonyl (C=O) groups is 2. The van der Waals surface area contributed by atoms with E-state index in [9.17, 15) is 31.5 Å². The van der Waals surface area contributed by atoms with Gasteiger partial charge in [0.25, 0.3) is 11.1 Å². The van der Waals surface area contributed by atoms with Gasteiger partial charge in [-0.1, -0.05) is 29.0 Å². The second kappa shape index (κ2) is 8.60. The fourth-order valence-electron chi connectivity index (χ4n) is 2.45. The maximum absolute atomic E-state index is 14.6. The highest BCUT2D eigenvalue weighted by molar-refractivity contribution is 7.13. The highest BCUT2D eigenvalue weighted by atomic mass is 35.5. The smallest absolute Gasteiger partial charge is 0.422 e. The third-order valence-electron chi connectivity index (χ3n) is 3.78. The van der Waals surface area contributed by atoms with Gasteiger partial charge >= 0.3 is 12.3 Å². The first-order valence-electron chi connectivity index (χ1n) is 8.08. The highest BCUT2D eigenvalue weighted by Gasteiger charge is 2.34. The fourth-order valence-corrected chi connectivity index (χ4v) is 3.46. The Morgan fingerprint density at radius 3 is 2.80 bits per heavy atom. The SMILES string of the molecule is O=C1NC[C@@H](C(=O)NC(c2cnc(OCC(F)(F)F)s2)c2ccc(F)c(Cl)c2F)O1. The Balaban J connectivity index is 1.90. The van der Waals surface area contributed by atoms with Crippen molar-refractivity contribution in [1.29, 1.82) is 0 Å². The summed E-state index contributed by atoms with van der Waals surface area (Å²) in [5, 5.41) is 3.44. The van der Waals surface area contributed by atoms with Crippen molar-refractivity contribution >= 4 is 34.9 Å². The van der Waals surface area contributed by atoms with Crippen LogP contribution in [0.25, 0.3) is 0 Å². The highest BCUT2D eigenvalue weighted by Crippen LogP contribution is 2.35. The van der Waals surface area contributed by atoms with E-state index in [0.29, 0.717) is 11.3 Å². The van der Waals surface area contributed by atoms with Gasteiger partial charge in [-0.3, -0.25) is 4.79 Å². The predicted octanol–water partition coefficient (Wildman–Crippen LogP) is 3.33. The molecule has 2 amide bonds. The molecule has 7 nitrogen and oxygen atoms in total. The molecule has 162 valence electrons. The molecule has 2 atom stereocenters. The summed E-state index contributed by atoms with van der Waals surface area (Å²) in [5.41, 5.74) is -0.280. The first-order chi connectivity index (χ1) is 14.0. The predicted molar refractivity (Wildman–Crippen MR) is 93.3 cm³/mol. The molecule has 1 aliphatic heterocycles. The van der Waals surface area contributed by atoms with Gasteiger partial charge in [0.1, 0.15) is 16.7 Å². The van der Waals surface area contributed by atoms with Crippen molar-refractivity contribution in [2.24, 2.45) is 0 Å². The Morgan fingerprint density at radius 2 is 2.17 bits per heavy atom. The molecule has 0 radical (unpaired) electrons. The van der Waals surface area contributed by atoms with Crippen molar-refractivity contribution in [2.75, 3.05) is 13.2 Å². The van der Waals surface area contributed by atoms with E-state index < -0.39 is 53.6 Å². The molecular formula is C16H11ClF5N3O4S. The number of hydrogen-bond donors (Lipinski definition) is 2. The first-order valence-corrected chi connectivity index (χ1v) is 9.28. The van der Waals surface area contributed by atoms with Gasteiger partial charge in [0.15, 0.2) is 12.7 Å². The summed E-state index contributed by atoms with van der Waals surface area (Å²) in [4.78, 5) is 27.3. The average molecular weight is 472 g/mol. The monoisotopic (exact) mass is 471 g/mol. The van der Waals surface area contributed by atoms with Gasteiger partial charge in [-0.25, -0.2) is 18.6 Å². The van der Waals surface area contributed by atoms with Gasteiger partial charge in [-0.05, 0) is 6.07 Å². The van der Waals surface area contributed by atoms with Crippen molar-refractivity contribution in [3.8, 4) is 5.19 Å². The molecule has 1 saturated heterocycles. The van der Waals surface area contributed by atoms with E-state index in [1.165, 1.54) is 0 Å². The maximum atomic E-state index is 14.6. The van der Waals surface area contributed by atoms with Crippen molar-refractivity contribution in [3.63, 3.8) is 0 Å². The lowest BCUT2D eigenvalue weighted by atomic mass is 10.0. The maximum Gasteiger partial charge on any atom is 0.422 e. The molecule has 2 N–H and O–H groups in total. The summed E-state index contributed by atoms with van der Waals surface area (Å²) in [5.74, 6) is -3.06. The number of nitrogens with one attached hydrogen (secondary N) is 2. The molecule has 0 spiro atoms. The van der Waals surface area contributed by atoms with Crippen LogP contribution in [0.4, 0.5) is 26.7 Å². The number of nitrogens with zero attached hydrogens (tertiary/aromatic N) is 1. The summed E-state index contributed by atoms with van der Waals surface area (Å²) < 4.78 is 74.4. The van der Waals surface area contributed by atoms with Crippen molar-refractivity contribution < 1.29 is 41.0 Å². The molecule has 0 saturated carbocycles. The number of halogens is 6. The van der Waals surface area contributed by atoms with Crippen LogP contribution in [0.1, 0.15) is 16.5 Å². The van der Waals surface area contributed by atoms with Crippen molar-refractivity contribution in [2.45, 2.75) is 18.3 Å². The number of aromatic nitrogens is 1. The quantitative estimate of drug-likeness (QED) is 0.498. The van der Waals surface area contributed by atoms with E-state index in [1.54, 1.807) is 0 Å². The Kier molecular flexibility index (Phi) is 6.31. The normalized spacial score (nSPS) is 17.3. The van der Waals surface area contributed by atoms with Crippen LogP contribution in [0, 0.1) is 11.6 Å². The number of thiazole rings is 1. The molecule has 0 bridgehead atoms. The molecule has 1 aromatic heterocycles. The molecule has 1 unspecified atom stereocenters. The first kappa shape index (κ1) is 22.0. The summed E-state index contributed by atoms with van der Waals surface area (Å²) in [7, 11) is 0. The molecule has 1 aliphatic rings. The van der Waals surface area contributed by atoms with Crippen LogP contribution >= 0.6 is 22.9 Å². The molecule has 2 aromatic rings. The molecule has 30 heavy (non-hydrogen) atoms. The van der Waals surface area contributed by atoms with Gasteiger partial charge in [0.05, 0.1) is 17.5 Å². The summed E-state index contributed by atoms with van der Waals surface area (Å²) >= 11 is 6.20. The number of carbonyl (C=O) groups excluding carboxylic acids is 2. The average Bonchev–Trinajstić information content (AvgIpc) is 3.31. The van der Waals surface area contributed by atoms with Crippen LogP contribution in [0.3, 0.4) is 0 Å². The number of amides is 2. The largest absolute Gasteiger partial charge is 0.460 e. The number of alkyl halides is 3. The van der Waals surface area contributed by atoms with Crippen LogP contribution in [0.5, 0.6) is 5.19 Å². The number of ether oxygens (including phenoxy) is 2. The summed E-state index contributed by atoms with van der Waals surface area (Å²) in [6.07, 6.45) is -5.59. The minimum absolute atomic E-state index is 0.0689. The Morgan fingerprint density at radius 1 is 1.43 bits per heavy atom. The lowest BCUT2D eigenvalue weighted by Gasteiger charge is -2.20. The minimum atomic E-state index is -4.60. The summed E-state index contributed by atoms with van der Waals surface area (Å²) in [6.45, 7) is -1.75. The van der Waals surface area contributed by atoms with Gasteiger partial charge in [0, 0.05) is 11.8 Å². The zero-order valence-electron chi connectivity index (χ0n) is 14.6. The molecule has 14 heteroatoms. The van der Waals surface area contributed by atoms with Gasteiger partial charge in [0.2, 0.25) is 0 Å². The van der Waals surface area contributed by atoms with E-state index in [2.05, 4.69) is 20.4 Å². The van der Waals surface area contributed by atoms with Crippen LogP contribution in [-0.4, -0.2) is 42.4 Å². The van der Waals surface area contributed by atoms with Crippen molar-refractivity contribution in [3.05, 3.63) is 45.4 Å². The number of rotatable bonds is 6. The molecule has 1 fully saturated rings. The number of hydrogen-bond acceptors (Lipinski definition) is 6. The third-order valence-corrected chi connectivity index (χ3v) is 5.10. The van der Waals surface area contributed by atoms with E-state index in [1.807, 2.05) is 0 Å². The fraction of sp³-hybridized carbons (Fsp3) is 0.312. The number of alkyl carbamates (subject to hydrolysis) is 1. The zero-order valence-corrected chi connectivity index (χ0v) is 16.1. The van der Waals surface area contributed by atoms with E-state index in [-0.39, 0.29) is 22.2 Å². The Labute approximate surface area is 174 Å². The van der Waals surface area contributed by atoms with Crippen LogP contribution in [0.15, 0.2) is 18.3 Å². The molecule has 1 aromatic carbocycles. The lowest BCUT2D eigenvalue weighted by Crippen LogP contribution is -2.39. The van der Waals surface area contributed by atoms with Gasteiger partial charge < -0.3 is 20.1 Å². The molecule has 3 rings (SSSR count). The van der Waals surface area contributed by atoms with Crippen LogP contribution in [-0.2, 0) is 9.53 Å². The molecule has 2 heterocycles. The standard InChI is InChI=1S/C16H11ClF5N3O4S/c17-10-7(18)2-1-6(11(10)19)12(25-13(26)8-3-23-14(27)29-8)9-4-24-15(30-9)28-5-16(20,21)22/h1-2,4,8,12H,3,5H2,(H,23,27)(H,25,26)/t8-,12?/m0/s1. The Bertz CT molecular complexity index is 971. The molecule has 0 aliphatic carbocycles. The van der Waals surface area contributed by atoms with E-state index >= 15 is 0 Å². The topological polar surface area (TPSA) is 89.6 Å². The second-order valence-corrected chi connectivity index (χ2v) is 7.32. The second-order valence-electron chi connectivity index (χ2n) is 5.91. The van der Waals surface area contributed by atoms with Crippen LogP contribution in [0.2, 0.25) is 5.02 Å².